The van der Waals surface area contributed by atoms with E-state index in [-0.39, 0.29) is 11.4 Å². The molecule has 0 saturated heterocycles. The van der Waals surface area contributed by atoms with Gasteiger partial charge < -0.3 is 14.2 Å². The van der Waals surface area contributed by atoms with Crippen molar-refractivity contribution in [1.82, 2.24) is 0 Å². The molecule has 3 N–H and O–H groups in total. The van der Waals surface area contributed by atoms with Gasteiger partial charge in [0, 0.05) is 0 Å². The van der Waals surface area contributed by atoms with Gasteiger partial charge in [-0.25, -0.2) is 4.79 Å². The molecule has 0 aliphatic heterocycles. The summed E-state index contributed by atoms with van der Waals surface area (Å²) in [5, 5.41) is 2.43. The molecular weight excluding hydrogens is 312 g/mol. The fraction of sp³-hybridized carbons (Fsp3) is 0.176. The second-order valence-electron chi connectivity index (χ2n) is 4.67. The molecule has 126 valence electrons. The average Bonchev–Trinajstić information content (AvgIpc) is 2.65. The minimum atomic E-state index is -0.680. The maximum atomic E-state index is 12.3. The van der Waals surface area contributed by atoms with Crippen molar-refractivity contribution in [3.63, 3.8) is 0 Å². The highest BCUT2D eigenvalue weighted by atomic mass is 16.7. The van der Waals surface area contributed by atoms with Crippen LogP contribution in [-0.4, -0.2) is 33.1 Å². The highest BCUT2D eigenvalue weighted by molar-refractivity contribution is 5.96. The van der Waals surface area contributed by atoms with E-state index in [4.69, 9.17) is 24.8 Å². The number of nitrogens with two attached hydrogens (primary N) is 1. The summed E-state index contributed by atoms with van der Waals surface area (Å²) in [5.74, 6) is 0.872. The summed E-state index contributed by atoms with van der Waals surface area (Å²) in [5.41, 5.74) is 6.69. The number of amidine groups is 1. The number of carbonyl (C=O) groups excluding carboxylic acids is 1. The van der Waals surface area contributed by atoms with Gasteiger partial charge in [0.25, 0.3) is 0 Å². The smallest absolute Gasteiger partial charge is 0.395 e. The van der Waals surface area contributed by atoms with Crippen molar-refractivity contribution in [1.29, 1.82) is 0 Å². The molecule has 7 heteroatoms. The molecule has 0 aromatic heterocycles. The van der Waals surface area contributed by atoms with E-state index in [1.807, 2.05) is 0 Å². The quantitative estimate of drug-likeness (QED) is 0.342. The standard InChI is InChI=1S/C17H18N2O5/c1-21-12-9-7-11(8-10-12)16(18)19-24-17(20)15-13(22-2)5-4-6-14(15)23-3/h4-10H,1-3H3,(H2,18,19)/p+1. The SMILES string of the molecule is COc1ccc(C(N)=[NH+]OC(=O)c2c(OC)cccc2OC)cc1. The van der Waals surface area contributed by atoms with Gasteiger partial charge in [0.05, 0.1) is 26.9 Å². The third-order valence-corrected chi connectivity index (χ3v) is 3.29. The summed E-state index contributed by atoms with van der Waals surface area (Å²) in [6, 6.07) is 11.9. The van der Waals surface area contributed by atoms with Crippen LogP contribution < -0.4 is 25.1 Å². The zero-order chi connectivity index (χ0) is 17.5. The Morgan fingerprint density at radius 2 is 1.50 bits per heavy atom. The van der Waals surface area contributed by atoms with Gasteiger partial charge in [-0.1, -0.05) is 11.2 Å². The van der Waals surface area contributed by atoms with Crippen LogP contribution in [-0.2, 0) is 4.84 Å². The molecule has 0 spiro atoms. The van der Waals surface area contributed by atoms with Gasteiger partial charge in [-0.3, -0.25) is 10.6 Å². The molecule has 0 bridgehead atoms. The summed E-state index contributed by atoms with van der Waals surface area (Å²) in [4.78, 5) is 17.4. The predicted octanol–water partition coefficient (Wildman–Crippen LogP) is 0.270. The van der Waals surface area contributed by atoms with Crippen molar-refractivity contribution >= 4 is 11.8 Å². The topological polar surface area (TPSA) is 94.0 Å². The first kappa shape index (κ1) is 17.1. The summed E-state index contributed by atoms with van der Waals surface area (Å²) >= 11 is 0. The van der Waals surface area contributed by atoms with Crippen molar-refractivity contribution in [2.75, 3.05) is 21.3 Å². The van der Waals surface area contributed by atoms with Crippen LogP contribution >= 0.6 is 0 Å². The normalized spacial score (nSPS) is 10.9. The third kappa shape index (κ3) is 3.75. The molecule has 0 fully saturated rings. The first-order valence-corrected chi connectivity index (χ1v) is 7.05. The summed E-state index contributed by atoms with van der Waals surface area (Å²) in [7, 11) is 4.48. The molecule has 0 saturated carbocycles. The highest BCUT2D eigenvalue weighted by Crippen LogP contribution is 2.28. The molecule has 7 nitrogen and oxygen atoms in total. The van der Waals surface area contributed by atoms with E-state index < -0.39 is 5.97 Å². The Balaban J connectivity index is 2.20. The fourth-order valence-electron chi connectivity index (χ4n) is 2.03. The zero-order valence-electron chi connectivity index (χ0n) is 13.7. The molecule has 0 unspecified atom stereocenters. The number of rotatable bonds is 6. The molecule has 0 heterocycles. The summed E-state index contributed by atoms with van der Waals surface area (Å²) in [6.07, 6.45) is 0. The highest BCUT2D eigenvalue weighted by Gasteiger charge is 2.21. The van der Waals surface area contributed by atoms with Gasteiger partial charge in [0.2, 0.25) is 0 Å². The lowest BCUT2D eigenvalue weighted by atomic mass is 10.2. The Bertz CT molecular complexity index is 719. The number of nitrogen functional groups attached to an aromatic ring is 1. The van der Waals surface area contributed by atoms with Gasteiger partial charge in [-0.15, -0.1) is 0 Å². The number of hydrogen-bond donors (Lipinski definition) is 2. The monoisotopic (exact) mass is 331 g/mol. The van der Waals surface area contributed by atoms with Crippen molar-refractivity contribution < 1.29 is 29.0 Å². The van der Waals surface area contributed by atoms with E-state index in [9.17, 15) is 4.79 Å². The van der Waals surface area contributed by atoms with E-state index >= 15 is 0 Å². The molecule has 0 atom stereocenters. The fourth-order valence-corrected chi connectivity index (χ4v) is 2.03. The minimum Gasteiger partial charge on any atom is -0.497 e. The zero-order valence-corrected chi connectivity index (χ0v) is 13.7. The molecule has 0 aliphatic carbocycles. The third-order valence-electron chi connectivity index (χ3n) is 3.29. The van der Waals surface area contributed by atoms with Gasteiger partial charge in [0.15, 0.2) is 0 Å². The van der Waals surface area contributed by atoms with Gasteiger partial charge in [-0.2, -0.15) is 0 Å². The van der Waals surface area contributed by atoms with Crippen LogP contribution in [0.5, 0.6) is 17.2 Å². The predicted molar refractivity (Wildman–Crippen MR) is 87.2 cm³/mol. The van der Waals surface area contributed by atoms with Crippen LogP contribution in [0.25, 0.3) is 0 Å². The number of hydrogen-bond acceptors (Lipinski definition) is 5. The molecule has 0 radical (unpaired) electrons. The molecule has 2 aromatic carbocycles. The number of benzene rings is 2. The first-order valence-electron chi connectivity index (χ1n) is 7.05. The van der Waals surface area contributed by atoms with Crippen molar-refractivity contribution in [3.05, 3.63) is 53.6 Å². The Hall–Kier alpha value is -3.22. The Morgan fingerprint density at radius 1 is 0.917 bits per heavy atom. The van der Waals surface area contributed by atoms with E-state index in [2.05, 4.69) is 5.16 Å². The molecule has 2 aromatic rings. The lowest BCUT2D eigenvalue weighted by Crippen LogP contribution is -2.75. The maximum Gasteiger partial charge on any atom is 0.395 e. The van der Waals surface area contributed by atoms with Gasteiger partial charge in [0.1, 0.15) is 22.8 Å². The molecule has 0 aliphatic rings. The van der Waals surface area contributed by atoms with Crippen LogP contribution in [0.2, 0.25) is 0 Å². The molecule has 24 heavy (non-hydrogen) atoms. The number of carbonyl (C=O) groups is 1. The van der Waals surface area contributed by atoms with Crippen LogP contribution in [0.4, 0.5) is 0 Å². The van der Waals surface area contributed by atoms with E-state index in [0.717, 1.165) is 0 Å². The largest absolute Gasteiger partial charge is 0.497 e. The Morgan fingerprint density at radius 3 is 2.00 bits per heavy atom. The van der Waals surface area contributed by atoms with E-state index in [1.54, 1.807) is 49.6 Å². The Kier molecular flexibility index (Phi) is 5.62. The number of nitrogens with one attached hydrogen (secondary N) is 1. The molecular formula is C17H19N2O5+. The maximum absolute atomic E-state index is 12.3. The number of ether oxygens (including phenoxy) is 3. The van der Waals surface area contributed by atoms with Gasteiger partial charge >= 0.3 is 11.8 Å². The van der Waals surface area contributed by atoms with Crippen LogP contribution in [0.15, 0.2) is 42.5 Å². The van der Waals surface area contributed by atoms with Crippen molar-refractivity contribution in [2.24, 2.45) is 5.73 Å². The first-order chi connectivity index (χ1) is 11.6. The Labute approximate surface area is 139 Å². The lowest BCUT2D eigenvalue weighted by Gasteiger charge is -2.09. The van der Waals surface area contributed by atoms with E-state index in [1.165, 1.54) is 14.2 Å². The van der Waals surface area contributed by atoms with Crippen molar-refractivity contribution in [2.45, 2.75) is 0 Å². The molecule has 0 amide bonds. The summed E-state index contributed by atoms with van der Waals surface area (Å²) in [6.45, 7) is 0. The van der Waals surface area contributed by atoms with Crippen molar-refractivity contribution in [3.8, 4) is 17.2 Å². The lowest BCUT2D eigenvalue weighted by molar-refractivity contribution is -0.721. The second kappa shape index (κ2) is 7.87. The number of methoxy groups -OCH3 is 3. The average molecular weight is 331 g/mol. The van der Waals surface area contributed by atoms with Crippen LogP contribution in [0.3, 0.4) is 0 Å². The summed E-state index contributed by atoms with van der Waals surface area (Å²) < 4.78 is 15.4. The second-order valence-corrected chi connectivity index (χ2v) is 4.67. The van der Waals surface area contributed by atoms with E-state index in [0.29, 0.717) is 22.8 Å². The van der Waals surface area contributed by atoms with Crippen LogP contribution in [0, 0.1) is 0 Å². The molecule has 2 rings (SSSR count). The minimum absolute atomic E-state index is 0.164. The van der Waals surface area contributed by atoms with Crippen LogP contribution in [0.1, 0.15) is 15.9 Å². The van der Waals surface area contributed by atoms with Gasteiger partial charge in [-0.05, 0) is 36.4 Å².